The summed E-state index contributed by atoms with van der Waals surface area (Å²) in [6.07, 6.45) is -2.67. The average molecular weight is 256 g/mol. The lowest BCUT2D eigenvalue weighted by molar-refractivity contribution is -0.138. The maximum Gasteiger partial charge on any atom is 0.405 e. The Balaban J connectivity index is 1.98. The van der Waals surface area contributed by atoms with Crippen LogP contribution in [0.3, 0.4) is 0 Å². The zero-order valence-electron chi connectivity index (χ0n) is 9.34. The van der Waals surface area contributed by atoms with Gasteiger partial charge in [-0.05, 0) is 29.1 Å². The minimum Gasteiger partial charge on any atom is -0.361 e. The molecule has 0 saturated carbocycles. The third kappa shape index (κ3) is 3.26. The number of hydrogen-bond acceptors (Lipinski definition) is 1. The Morgan fingerprint density at radius 3 is 2.78 bits per heavy atom. The predicted molar refractivity (Wildman–Crippen MR) is 61.1 cm³/mol. The standard InChI is InChI=1S/C12H11F3N2O/c13-12(14,15)7-17-11(18)6-8-1-2-10-9(5-8)3-4-16-10/h1-5,16H,6-7H2,(H,17,18). The summed E-state index contributed by atoms with van der Waals surface area (Å²) in [5.41, 5.74) is 1.61. The highest BCUT2D eigenvalue weighted by molar-refractivity contribution is 5.83. The Labute approximate surface area is 101 Å². The first-order chi connectivity index (χ1) is 8.44. The number of rotatable bonds is 3. The predicted octanol–water partition coefficient (Wildman–Crippen LogP) is 2.39. The van der Waals surface area contributed by atoms with Crippen molar-refractivity contribution < 1.29 is 18.0 Å². The lowest BCUT2D eigenvalue weighted by atomic mass is 10.1. The number of H-pyrrole nitrogens is 1. The Hall–Kier alpha value is -1.98. The summed E-state index contributed by atoms with van der Waals surface area (Å²) in [5, 5.41) is 2.77. The molecule has 2 rings (SSSR count). The van der Waals surface area contributed by atoms with Crippen LogP contribution >= 0.6 is 0 Å². The van der Waals surface area contributed by atoms with Crippen molar-refractivity contribution in [3.05, 3.63) is 36.0 Å². The molecule has 2 N–H and O–H groups in total. The summed E-state index contributed by atoms with van der Waals surface area (Å²) in [4.78, 5) is 14.3. The van der Waals surface area contributed by atoms with E-state index in [1.54, 1.807) is 24.4 Å². The molecule has 1 aromatic heterocycles. The number of hydrogen-bond donors (Lipinski definition) is 2. The SMILES string of the molecule is O=C(Cc1ccc2[nH]ccc2c1)NCC(F)(F)F. The number of alkyl halides is 3. The fourth-order valence-corrected chi connectivity index (χ4v) is 1.66. The maximum atomic E-state index is 11.9. The zero-order valence-corrected chi connectivity index (χ0v) is 9.34. The van der Waals surface area contributed by atoms with Crippen molar-refractivity contribution in [1.29, 1.82) is 0 Å². The molecule has 0 fully saturated rings. The number of carbonyl (C=O) groups excluding carboxylic acids is 1. The molecule has 6 heteroatoms. The molecule has 1 amide bonds. The quantitative estimate of drug-likeness (QED) is 0.870. The van der Waals surface area contributed by atoms with Crippen LogP contribution in [0.5, 0.6) is 0 Å². The highest BCUT2D eigenvalue weighted by atomic mass is 19.4. The summed E-state index contributed by atoms with van der Waals surface area (Å²) >= 11 is 0. The Morgan fingerprint density at radius 1 is 1.28 bits per heavy atom. The molecule has 0 atom stereocenters. The molecule has 0 aliphatic rings. The molecule has 1 aromatic carbocycles. The molecule has 3 nitrogen and oxygen atoms in total. The molecule has 18 heavy (non-hydrogen) atoms. The molecule has 96 valence electrons. The van der Waals surface area contributed by atoms with Crippen molar-refractivity contribution in [2.24, 2.45) is 0 Å². The van der Waals surface area contributed by atoms with Crippen LogP contribution in [0.15, 0.2) is 30.5 Å². The molecular formula is C12H11F3N2O. The van der Waals surface area contributed by atoms with E-state index in [2.05, 4.69) is 4.98 Å². The second-order valence-corrected chi connectivity index (χ2v) is 3.97. The van der Waals surface area contributed by atoms with Crippen LogP contribution in [0.4, 0.5) is 13.2 Å². The molecule has 2 aromatic rings. The molecule has 0 unspecified atom stereocenters. The van der Waals surface area contributed by atoms with Gasteiger partial charge in [-0.25, -0.2) is 0 Å². The van der Waals surface area contributed by atoms with Crippen LogP contribution in [-0.4, -0.2) is 23.6 Å². The van der Waals surface area contributed by atoms with E-state index in [9.17, 15) is 18.0 Å². The van der Waals surface area contributed by atoms with Crippen molar-refractivity contribution in [3.63, 3.8) is 0 Å². The molecular weight excluding hydrogens is 245 g/mol. The highest BCUT2D eigenvalue weighted by Gasteiger charge is 2.27. The monoisotopic (exact) mass is 256 g/mol. The number of fused-ring (bicyclic) bond motifs is 1. The van der Waals surface area contributed by atoms with Crippen molar-refractivity contribution in [1.82, 2.24) is 10.3 Å². The Bertz CT molecular complexity index is 560. The van der Waals surface area contributed by atoms with Gasteiger partial charge in [-0.3, -0.25) is 4.79 Å². The van der Waals surface area contributed by atoms with Crippen LogP contribution < -0.4 is 5.32 Å². The molecule has 0 aliphatic heterocycles. The van der Waals surface area contributed by atoms with Gasteiger partial charge in [-0.15, -0.1) is 0 Å². The van der Waals surface area contributed by atoms with Gasteiger partial charge in [0.2, 0.25) is 5.91 Å². The fraction of sp³-hybridized carbons (Fsp3) is 0.250. The van der Waals surface area contributed by atoms with Gasteiger partial charge in [-0.2, -0.15) is 13.2 Å². The smallest absolute Gasteiger partial charge is 0.361 e. The van der Waals surface area contributed by atoms with E-state index in [-0.39, 0.29) is 6.42 Å². The van der Waals surface area contributed by atoms with Crippen molar-refractivity contribution in [2.75, 3.05) is 6.54 Å². The summed E-state index contributed by atoms with van der Waals surface area (Å²) in [7, 11) is 0. The number of nitrogens with one attached hydrogen (secondary N) is 2. The average Bonchev–Trinajstić information content (AvgIpc) is 2.72. The van der Waals surface area contributed by atoms with Crippen LogP contribution in [0.2, 0.25) is 0 Å². The topological polar surface area (TPSA) is 44.9 Å². The first-order valence-electron chi connectivity index (χ1n) is 5.33. The molecule has 0 aliphatic carbocycles. The van der Waals surface area contributed by atoms with Gasteiger partial charge < -0.3 is 10.3 Å². The fourth-order valence-electron chi connectivity index (χ4n) is 1.66. The summed E-state index contributed by atoms with van der Waals surface area (Å²) in [6, 6.07) is 7.12. The number of halogens is 3. The molecule has 0 spiro atoms. The second-order valence-electron chi connectivity index (χ2n) is 3.97. The Kier molecular flexibility index (Phi) is 3.27. The third-order valence-electron chi connectivity index (χ3n) is 2.47. The van der Waals surface area contributed by atoms with Crippen LogP contribution in [0.25, 0.3) is 10.9 Å². The number of carbonyl (C=O) groups is 1. The van der Waals surface area contributed by atoms with Gasteiger partial charge in [0.25, 0.3) is 0 Å². The Morgan fingerprint density at radius 2 is 2.06 bits per heavy atom. The number of aromatic amines is 1. The maximum absolute atomic E-state index is 11.9. The minimum atomic E-state index is -4.37. The van der Waals surface area contributed by atoms with E-state index in [0.717, 1.165) is 10.9 Å². The van der Waals surface area contributed by atoms with Crippen LogP contribution in [0, 0.1) is 0 Å². The van der Waals surface area contributed by atoms with Gasteiger partial charge in [0.15, 0.2) is 0 Å². The summed E-state index contributed by atoms with van der Waals surface area (Å²) in [6.45, 7) is -1.29. The largest absolute Gasteiger partial charge is 0.405 e. The van der Waals surface area contributed by atoms with Crippen molar-refractivity contribution in [2.45, 2.75) is 12.6 Å². The molecule has 1 heterocycles. The van der Waals surface area contributed by atoms with E-state index < -0.39 is 18.6 Å². The normalized spacial score (nSPS) is 11.7. The van der Waals surface area contributed by atoms with E-state index in [0.29, 0.717) is 5.56 Å². The summed E-state index contributed by atoms with van der Waals surface area (Å²) < 4.78 is 35.7. The van der Waals surface area contributed by atoms with Crippen LogP contribution in [0.1, 0.15) is 5.56 Å². The lowest BCUT2D eigenvalue weighted by Gasteiger charge is -2.08. The molecule has 0 saturated heterocycles. The highest BCUT2D eigenvalue weighted by Crippen LogP contribution is 2.15. The number of aromatic nitrogens is 1. The van der Waals surface area contributed by atoms with E-state index in [1.807, 2.05) is 11.4 Å². The van der Waals surface area contributed by atoms with Crippen molar-refractivity contribution in [3.8, 4) is 0 Å². The zero-order chi connectivity index (χ0) is 13.2. The van der Waals surface area contributed by atoms with E-state index >= 15 is 0 Å². The first kappa shape index (κ1) is 12.5. The van der Waals surface area contributed by atoms with Gasteiger partial charge >= 0.3 is 6.18 Å². The first-order valence-corrected chi connectivity index (χ1v) is 5.33. The van der Waals surface area contributed by atoms with Crippen molar-refractivity contribution >= 4 is 16.8 Å². The number of benzene rings is 1. The van der Waals surface area contributed by atoms with Crippen LogP contribution in [-0.2, 0) is 11.2 Å². The molecule has 0 bridgehead atoms. The summed E-state index contributed by atoms with van der Waals surface area (Å²) in [5.74, 6) is -0.637. The van der Waals surface area contributed by atoms with Gasteiger partial charge in [0, 0.05) is 11.7 Å². The second kappa shape index (κ2) is 4.72. The lowest BCUT2D eigenvalue weighted by Crippen LogP contribution is -2.34. The molecule has 0 radical (unpaired) electrons. The van der Waals surface area contributed by atoms with Gasteiger partial charge in [0.05, 0.1) is 6.42 Å². The van der Waals surface area contributed by atoms with Gasteiger partial charge in [-0.1, -0.05) is 6.07 Å². The third-order valence-corrected chi connectivity index (χ3v) is 2.47. The van der Waals surface area contributed by atoms with E-state index in [4.69, 9.17) is 0 Å². The van der Waals surface area contributed by atoms with Gasteiger partial charge in [0.1, 0.15) is 6.54 Å². The number of amides is 1. The minimum absolute atomic E-state index is 0.0583. The van der Waals surface area contributed by atoms with E-state index in [1.165, 1.54) is 0 Å².